The summed E-state index contributed by atoms with van der Waals surface area (Å²) >= 11 is 0. The van der Waals surface area contributed by atoms with Crippen LogP contribution >= 0.6 is 0 Å². The van der Waals surface area contributed by atoms with Crippen molar-refractivity contribution in [1.82, 2.24) is 0 Å². The third kappa shape index (κ3) is 3.60. The van der Waals surface area contributed by atoms with Crippen LogP contribution in [-0.2, 0) is 4.74 Å². The molecule has 0 fully saturated rings. The number of aromatic carboxylic acids is 1. The molecule has 0 spiro atoms. The number of carboxylic acid groups (broad SMARTS) is 1. The third-order valence-corrected chi connectivity index (χ3v) is 3.32. The lowest BCUT2D eigenvalue weighted by Gasteiger charge is -2.31. The van der Waals surface area contributed by atoms with E-state index in [1.807, 2.05) is 18.7 Å². The summed E-state index contributed by atoms with van der Waals surface area (Å²) < 4.78 is 18.9. The van der Waals surface area contributed by atoms with Gasteiger partial charge in [-0.2, -0.15) is 0 Å². The predicted octanol–water partition coefficient (Wildman–Crippen LogP) is 2.36. The molecule has 0 aliphatic carbocycles. The first-order valence-corrected chi connectivity index (χ1v) is 6.50. The predicted molar refractivity (Wildman–Crippen MR) is 76.7 cm³/mol. The zero-order valence-electron chi connectivity index (χ0n) is 12.0. The van der Waals surface area contributed by atoms with Crippen LogP contribution in [0.2, 0.25) is 0 Å². The lowest BCUT2D eigenvalue weighted by Crippen LogP contribution is -2.36. The van der Waals surface area contributed by atoms with Crippen LogP contribution in [0.25, 0.3) is 0 Å². The first-order valence-electron chi connectivity index (χ1n) is 6.50. The number of rotatable bonds is 7. The van der Waals surface area contributed by atoms with E-state index in [0.29, 0.717) is 18.8 Å². The minimum Gasteiger partial charge on any atom is -0.478 e. The van der Waals surface area contributed by atoms with E-state index < -0.39 is 17.3 Å². The Morgan fingerprint density at radius 2 is 2.20 bits per heavy atom. The summed E-state index contributed by atoms with van der Waals surface area (Å²) in [5, 5.41) is 8.89. The smallest absolute Gasteiger partial charge is 0.338 e. The number of nitrogens with zero attached hydrogens (tertiary/aromatic N) is 1. The molecule has 20 heavy (non-hydrogen) atoms. The van der Waals surface area contributed by atoms with Gasteiger partial charge in [0.15, 0.2) is 0 Å². The summed E-state index contributed by atoms with van der Waals surface area (Å²) in [7, 11) is 1.59. The molecule has 1 unspecified atom stereocenters. The molecule has 0 saturated heterocycles. The van der Waals surface area contributed by atoms with Crippen molar-refractivity contribution in [2.24, 2.45) is 0 Å². The highest BCUT2D eigenvalue weighted by Crippen LogP contribution is 2.29. The van der Waals surface area contributed by atoms with Gasteiger partial charge in [-0.15, -0.1) is 0 Å². The van der Waals surface area contributed by atoms with Gasteiger partial charge in [0.2, 0.25) is 0 Å². The van der Waals surface area contributed by atoms with Crippen molar-refractivity contribution in [3.05, 3.63) is 23.5 Å². The second kappa shape index (κ2) is 7.09. The molecule has 0 heterocycles. The summed E-state index contributed by atoms with van der Waals surface area (Å²) in [6.45, 7) is 5.05. The molecule has 0 amide bonds. The molecule has 1 atom stereocenters. The van der Waals surface area contributed by atoms with Gasteiger partial charge in [0.05, 0.1) is 23.5 Å². The Kier molecular flexibility index (Phi) is 5.76. The van der Waals surface area contributed by atoms with Crippen LogP contribution < -0.4 is 10.6 Å². The van der Waals surface area contributed by atoms with Crippen molar-refractivity contribution >= 4 is 17.3 Å². The molecule has 1 aromatic rings. The Morgan fingerprint density at radius 1 is 1.55 bits per heavy atom. The van der Waals surface area contributed by atoms with Crippen LogP contribution in [0.5, 0.6) is 0 Å². The maximum atomic E-state index is 13.8. The average Bonchev–Trinajstić information content (AvgIpc) is 2.41. The highest BCUT2D eigenvalue weighted by Gasteiger charge is 2.20. The van der Waals surface area contributed by atoms with Gasteiger partial charge in [-0.3, -0.25) is 0 Å². The number of carboxylic acids is 1. The van der Waals surface area contributed by atoms with Gasteiger partial charge in [-0.05, 0) is 19.4 Å². The molecule has 3 N–H and O–H groups in total. The van der Waals surface area contributed by atoms with Crippen LogP contribution in [-0.4, -0.2) is 37.4 Å². The molecule has 112 valence electrons. The van der Waals surface area contributed by atoms with Gasteiger partial charge in [0.1, 0.15) is 5.82 Å². The van der Waals surface area contributed by atoms with E-state index in [1.54, 1.807) is 7.11 Å². The molecule has 0 radical (unpaired) electrons. The Balaban J connectivity index is 3.19. The zero-order chi connectivity index (χ0) is 15.3. The highest BCUT2D eigenvalue weighted by molar-refractivity contribution is 5.91. The number of carbonyl (C=O) groups is 1. The maximum Gasteiger partial charge on any atom is 0.338 e. The van der Waals surface area contributed by atoms with Gasteiger partial charge in [-0.1, -0.05) is 6.92 Å². The number of anilines is 2. The number of benzene rings is 1. The number of hydrogen-bond donors (Lipinski definition) is 2. The fraction of sp³-hybridized carbons (Fsp3) is 0.500. The largest absolute Gasteiger partial charge is 0.478 e. The van der Waals surface area contributed by atoms with E-state index in [0.717, 1.165) is 12.5 Å². The zero-order valence-corrected chi connectivity index (χ0v) is 12.0. The normalized spacial score (nSPS) is 12.2. The molecule has 6 heteroatoms. The van der Waals surface area contributed by atoms with Gasteiger partial charge in [-0.25, -0.2) is 9.18 Å². The molecular formula is C14H21FN2O3. The number of halogens is 1. The first-order chi connectivity index (χ1) is 9.42. The molecular weight excluding hydrogens is 263 g/mol. The Morgan fingerprint density at radius 3 is 2.70 bits per heavy atom. The highest BCUT2D eigenvalue weighted by atomic mass is 19.1. The molecule has 0 bridgehead atoms. The fourth-order valence-corrected chi connectivity index (χ4v) is 1.98. The summed E-state index contributed by atoms with van der Waals surface area (Å²) in [4.78, 5) is 12.8. The monoisotopic (exact) mass is 284 g/mol. The molecule has 1 rings (SSSR count). The van der Waals surface area contributed by atoms with E-state index in [2.05, 4.69) is 0 Å². The van der Waals surface area contributed by atoms with E-state index in [-0.39, 0.29) is 11.7 Å². The maximum absolute atomic E-state index is 13.8. The second-order valence-electron chi connectivity index (χ2n) is 4.64. The standard InChI is InChI=1S/C14H21FN2O3/c1-4-9(2)17(5-6-20-3)13-8-11(15)10(14(18)19)7-12(13)16/h7-9H,4-6,16H2,1-3H3,(H,18,19). The van der Waals surface area contributed by atoms with Crippen molar-refractivity contribution in [2.75, 3.05) is 30.9 Å². The first kappa shape index (κ1) is 16.2. The minimum atomic E-state index is -1.33. The van der Waals surface area contributed by atoms with Gasteiger partial charge < -0.3 is 20.5 Å². The molecule has 0 aromatic heterocycles. The fourth-order valence-electron chi connectivity index (χ4n) is 1.98. The number of ether oxygens (including phenoxy) is 1. The SMILES string of the molecule is CCC(C)N(CCOC)c1cc(F)c(C(=O)O)cc1N. The van der Waals surface area contributed by atoms with Crippen molar-refractivity contribution < 1.29 is 19.0 Å². The van der Waals surface area contributed by atoms with Crippen molar-refractivity contribution in [3.63, 3.8) is 0 Å². The molecule has 0 saturated carbocycles. The Labute approximate surface area is 118 Å². The second-order valence-corrected chi connectivity index (χ2v) is 4.64. The van der Waals surface area contributed by atoms with Crippen LogP contribution in [0, 0.1) is 5.82 Å². The summed E-state index contributed by atoms with van der Waals surface area (Å²) in [5.41, 5.74) is 6.22. The Bertz CT molecular complexity index is 480. The van der Waals surface area contributed by atoms with Crippen LogP contribution in [0.1, 0.15) is 30.6 Å². The molecule has 5 nitrogen and oxygen atoms in total. The van der Waals surface area contributed by atoms with Crippen molar-refractivity contribution in [3.8, 4) is 0 Å². The lowest BCUT2D eigenvalue weighted by atomic mass is 10.1. The molecule has 0 aliphatic heterocycles. The van der Waals surface area contributed by atoms with E-state index in [1.165, 1.54) is 6.07 Å². The van der Waals surface area contributed by atoms with E-state index in [9.17, 15) is 9.18 Å². The lowest BCUT2D eigenvalue weighted by molar-refractivity contribution is 0.0692. The van der Waals surface area contributed by atoms with Crippen LogP contribution in [0.15, 0.2) is 12.1 Å². The third-order valence-electron chi connectivity index (χ3n) is 3.32. The summed E-state index contributed by atoms with van der Waals surface area (Å²) in [5.74, 6) is -2.11. The van der Waals surface area contributed by atoms with Crippen LogP contribution in [0.4, 0.5) is 15.8 Å². The number of methoxy groups -OCH3 is 1. The quantitative estimate of drug-likeness (QED) is 0.752. The Hall–Kier alpha value is -1.82. The van der Waals surface area contributed by atoms with E-state index >= 15 is 0 Å². The molecule has 0 aliphatic rings. The summed E-state index contributed by atoms with van der Waals surface area (Å²) in [6, 6.07) is 2.48. The van der Waals surface area contributed by atoms with Crippen LogP contribution in [0.3, 0.4) is 0 Å². The average molecular weight is 284 g/mol. The van der Waals surface area contributed by atoms with Crippen molar-refractivity contribution in [1.29, 1.82) is 0 Å². The van der Waals surface area contributed by atoms with E-state index in [4.69, 9.17) is 15.6 Å². The molecule has 1 aromatic carbocycles. The van der Waals surface area contributed by atoms with Gasteiger partial charge in [0.25, 0.3) is 0 Å². The number of hydrogen-bond acceptors (Lipinski definition) is 4. The van der Waals surface area contributed by atoms with Gasteiger partial charge in [0, 0.05) is 25.8 Å². The number of nitrogen functional groups attached to an aromatic ring is 1. The minimum absolute atomic E-state index is 0.141. The number of nitrogens with two attached hydrogens (primary N) is 1. The summed E-state index contributed by atoms with van der Waals surface area (Å²) in [6.07, 6.45) is 0.853. The van der Waals surface area contributed by atoms with Gasteiger partial charge >= 0.3 is 5.97 Å². The topological polar surface area (TPSA) is 75.8 Å². The van der Waals surface area contributed by atoms with Crippen molar-refractivity contribution in [2.45, 2.75) is 26.3 Å².